The Kier molecular flexibility index (Phi) is 8.24. The lowest BCUT2D eigenvalue weighted by molar-refractivity contribution is -0.123. The van der Waals surface area contributed by atoms with E-state index in [0.29, 0.717) is 18.2 Å². The van der Waals surface area contributed by atoms with Crippen molar-refractivity contribution in [2.75, 3.05) is 11.9 Å². The number of anilines is 1. The normalized spacial score (nSPS) is 15.7. The molecule has 1 aromatic carbocycles. The number of carbonyl (C=O) groups excluding carboxylic acids is 1. The molecule has 1 atom stereocenters. The van der Waals surface area contributed by atoms with Gasteiger partial charge in [0.25, 0.3) is 6.47 Å². The minimum Gasteiger partial charge on any atom is -0.483 e. The van der Waals surface area contributed by atoms with E-state index in [1.807, 2.05) is 24.4 Å². The van der Waals surface area contributed by atoms with Gasteiger partial charge in [0.2, 0.25) is 5.91 Å². The summed E-state index contributed by atoms with van der Waals surface area (Å²) in [6, 6.07) is 12.4. The van der Waals surface area contributed by atoms with E-state index >= 15 is 0 Å². The lowest BCUT2D eigenvalue weighted by atomic mass is 10.1. The van der Waals surface area contributed by atoms with E-state index in [2.05, 4.69) is 42.7 Å². The second-order valence-corrected chi connectivity index (χ2v) is 7.23. The predicted octanol–water partition coefficient (Wildman–Crippen LogP) is 2.95. The first-order valence-electron chi connectivity index (χ1n) is 10.2. The molecule has 1 saturated heterocycles. The number of carbonyl (C=O) groups is 2. The highest BCUT2D eigenvalue weighted by Gasteiger charge is 2.26. The van der Waals surface area contributed by atoms with Crippen molar-refractivity contribution in [3.63, 3.8) is 0 Å². The van der Waals surface area contributed by atoms with Gasteiger partial charge >= 0.3 is 0 Å². The molecule has 1 aliphatic rings. The van der Waals surface area contributed by atoms with E-state index in [1.165, 1.54) is 12.0 Å². The average molecular weight is 422 g/mol. The molecule has 0 spiro atoms. The first kappa shape index (κ1) is 22.1. The summed E-state index contributed by atoms with van der Waals surface area (Å²) in [5, 5.41) is 24.7. The quantitative estimate of drug-likeness (QED) is 0.500. The molecule has 3 heterocycles. The number of aromatic amines is 1. The van der Waals surface area contributed by atoms with E-state index in [1.54, 1.807) is 18.5 Å². The number of nitrogens with zero attached hydrogens (tertiary/aromatic N) is 4. The molecule has 162 valence electrons. The fourth-order valence-electron chi connectivity index (χ4n) is 3.82. The number of amides is 1. The van der Waals surface area contributed by atoms with Crippen LogP contribution in [0.15, 0.2) is 55.0 Å². The number of hydrogen-bond acceptors (Lipinski definition) is 6. The van der Waals surface area contributed by atoms with Crippen molar-refractivity contribution >= 4 is 18.1 Å². The minimum absolute atomic E-state index is 0.0214. The van der Waals surface area contributed by atoms with Crippen molar-refractivity contribution in [3.05, 3.63) is 60.6 Å². The Morgan fingerprint density at radius 2 is 2.03 bits per heavy atom. The van der Waals surface area contributed by atoms with Gasteiger partial charge < -0.3 is 10.4 Å². The summed E-state index contributed by atoms with van der Waals surface area (Å²) in [6.07, 6.45) is 8.69. The monoisotopic (exact) mass is 422 g/mol. The van der Waals surface area contributed by atoms with Gasteiger partial charge in [-0.3, -0.25) is 19.6 Å². The lowest BCUT2D eigenvalue weighted by Crippen LogP contribution is -2.30. The SMILES string of the molecule is O=C(CCC1CCCN1Cc1cn[nH]c1-c1ccccc1)Nc1ccnnc1.O=CO. The Labute approximate surface area is 180 Å². The third-order valence-corrected chi connectivity index (χ3v) is 5.23. The van der Waals surface area contributed by atoms with Crippen LogP contribution in [0.2, 0.25) is 0 Å². The fraction of sp³-hybridized carbons (Fsp3) is 0.318. The standard InChI is InChI=1S/C21H24N6O.CH2O2/c28-20(25-18-10-11-22-23-14-18)9-8-19-7-4-12-27(19)15-17-13-24-26-21(17)16-5-2-1-3-6-16;2-1-3/h1-3,5-6,10-11,13-14,19H,4,7-9,12,15H2,(H,24,26)(H,22,25,28);1H,(H,2,3). The van der Waals surface area contributed by atoms with E-state index < -0.39 is 0 Å². The van der Waals surface area contributed by atoms with Crippen LogP contribution in [0.25, 0.3) is 11.3 Å². The van der Waals surface area contributed by atoms with Crippen molar-refractivity contribution in [2.45, 2.75) is 38.3 Å². The highest BCUT2D eigenvalue weighted by Crippen LogP contribution is 2.27. The summed E-state index contributed by atoms with van der Waals surface area (Å²) in [4.78, 5) is 23.1. The minimum atomic E-state index is -0.250. The Morgan fingerprint density at radius 3 is 2.77 bits per heavy atom. The summed E-state index contributed by atoms with van der Waals surface area (Å²) >= 11 is 0. The summed E-state index contributed by atoms with van der Waals surface area (Å²) in [7, 11) is 0. The van der Waals surface area contributed by atoms with Crippen LogP contribution in [0.1, 0.15) is 31.2 Å². The van der Waals surface area contributed by atoms with Crippen molar-refractivity contribution in [1.29, 1.82) is 0 Å². The Morgan fingerprint density at radius 1 is 1.23 bits per heavy atom. The summed E-state index contributed by atoms with van der Waals surface area (Å²) in [6.45, 7) is 1.65. The zero-order chi connectivity index (χ0) is 21.9. The van der Waals surface area contributed by atoms with Crippen molar-refractivity contribution in [3.8, 4) is 11.3 Å². The second kappa shape index (κ2) is 11.6. The predicted molar refractivity (Wildman–Crippen MR) is 116 cm³/mol. The van der Waals surface area contributed by atoms with Gasteiger partial charge in [-0.05, 0) is 37.4 Å². The van der Waals surface area contributed by atoms with Crippen LogP contribution in [0.4, 0.5) is 5.69 Å². The third-order valence-electron chi connectivity index (χ3n) is 5.23. The number of benzene rings is 1. The summed E-state index contributed by atoms with van der Waals surface area (Å²) < 4.78 is 0. The number of H-pyrrole nitrogens is 1. The Balaban J connectivity index is 0.000000858. The van der Waals surface area contributed by atoms with Gasteiger partial charge in [-0.2, -0.15) is 15.3 Å². The molecule has 9 heteroatoms. The molecular formula is C22H26N6O3. The van der Waals surface area contributed by atoms with Crippen LogP contribution in [-0.4, -0.2) is 55.4 Å². The maximum Gasteiger partial charge on any atom is 0.290 e. The number of hydrogen-bond donors (Lipinski definition) is 3. The molecule has 4 rings (SSSR count). The van der Waals surface area contributed by atoms with E-state index in [9.17, 15) is 4.79 Å². The molecule has 1 fully saturated rings. The number of likely N-dealkylation sites (tertiary alicyclic amines) is 1. The molecule has 3 N–H and O–H groups in total. The lowest BCUT2D eigenvalue weighted by Gasteiger charge is -2.24. The van der Waals surface area contributed by atoms with Gasteiger partial charge in [-0.25, -0.2) is 0 Å². The maximum atomic E-state index is 12.2. The number of nitrogens with one attached hydrogen (secondary N) is 2. The first-order chi connectivity index (χ1) is 15.2. The summed E-state index contributed by atoms with van der Waals surface area (Å²) in [5.74, 6) is 0.0214. The van der Waals surface area contributed by atoms with Crippen molar-refractivity contribution < 1.29 is 14.7 Å². The van der Waals surface area contributed by atoms with Crippen LogP contribution in [-0.2, 0) is 16.1 Å². The van der Waals surface area contributed by atoms with E-state index in [-0.39, 0.29) is 12.4 Å². The first-order valence-corrected chi connectivity index (χ1v) is 10.2. The number of aromatic nitrogens is 4. The topological polar surface area (TPSA) is 124 Å². The molecular weight excluding hydrogens is 396 g/mol. The fourth-order valence-corrected chi connectivity index (χ4v) is 3.82. The van der Waals surface area contributed by atoms with Crippen LogP contribution in [0, 0.1) is 0 Å². The molecule has 0 radical (unpaired) electrons. The smallest absolute Gasteiger partial charge is 0.290 e. The van der Waals surface area contributed by atoms with Gasteiger partial charge in [0.1, 0.15) is 0 Å². The Hall–Kier alpha value is -3.59. The zero-order valence-electron chi connectivity index (χ0n) is 17.1. The molecule has 0 bridgehead atoms. The van der Waals surface area contributed by atoms with Gasteiger partial charge in [0.05, 0.1) is 30.0 Å². The maximum absolute atomic E-state index is 12.2. The van der Waals surface area contributed by atoms with Gasteiger partial charge in [-0.15, -0.1) is 0 Å². The van der Waals surface area contributed by atoms with Crippen LogP contribution in [0.5, 0.6) is 0 Å². The molecule has 0 saturated carbocycles. The van der Waals surface area contributed by atoms with Gasteiger partial charge in [-0.1, -0.05) is 30.3 Å². The highest BCUT2D eigenvalue weighted by molar-refractivity contribution is 5.90. The van der Waals surface area contributed by atoms with Crippen molar-refractivity contribution in [2.24, 2.45) is 0 Å². The highest BCUT2D eigenvalue weighted by atomic mass is 16.3. The van der Waals surface area contributed by atoms with Crippen LogP contribution < -0.4 is 5.32 Å². The number of rotatable bonds is 7. The van der Waals surface area contributed by atoms with Crippen LogP contribution in [0.3, 0.4) is 0 Å². The molecule has 1 unspecified atom stereocenters. The average Bonchev–Trinajstić information content (AvgIpc) is 3.44. The largest absolute Gasteiger partial charge is 0.483 e. The van der Waals surface area contributed by atoms with Gasteiger partial charge in [0, 0.05) is 24.6 Å². The molecule has 3 aromatic rings. The second-order valence-electron chi connectivity index (χ2n) is 7.23. The van der Waals surface area contributed by atoms with E-state index in [4.69, 9.17) is 9.90 Å². The van der Waals surface area contributed by atoms with Gasteiger partial charge in [0.15, 0.2) is 0 Å². The molecule has 2 aromatic heterocycles. The van der Waals surface area contributed by atoms with Crippen molar-refractivity contribution in [1.82, 2.24) is 25.3 Å². The third kappa shape index (κ3) is 6.45. The molecule has 9 nitrogen and oxygen atoms in total. The molecule has 1 aliphatic heterocycles. The molecule has 31 heavy (non-hydrogen) atoms. The van der Waals surface area contributed by atoms with Crippen LogP contribution >= 0.6 is 0 Å². The molecule has 1 amide bonds. The Bertz CT molecular complexity index is 948. The molecule has 0 aliphatic carbocycles. The summed E-state index contributed by atoms with van der Waals surface area (Å²) in [5.41, 5.74) is 4.12. The van der Waals surface area contributed by atoms with E-state index in [0.717, 1.165) is 37.2 Å². The zero-order valence-corrected chi connectivity index (χ0v) is 17.1. The number of carboxylic acid groups (broad SMARTS) is 1.